The summed E-state index contributed by atoms with van der Waals surface area (Å²) in [4.78, 5) is 0. The molecule has 11 heavy (non-hydrogen) atoms. The van der Waals surface area contributed by atoms with Crippen LogP contribution < -0.4 is 0 Å². The van der Waals surface area contributed by atoms with Gasteiger partial charge in [0.2, 0.25) is 0 Å². The average Bonchev–Trinajstić information content (AvgIpc) is 2.49. The van der Waals surface area contributed by atoms with Crippen molar-refractivity contribution < 1.29 is 0 Å². The van der Waals surface area contributed by atoms with Crippen molar-refractivity contribution in [3.8, 4) is 0 Å². The third-order valence-corrected chi connectivity index (χ3v) is 3.18. The molecule has 0 bridgehead atoms. The van der Waals surface area contributed by atoms with Crippen LogP contribution in [0.1, 0.15) is 46.0 Å². The Hall–Kier alpha value is -0.260. The normalized spacial score (nSPS) is 33.6. The van der Waals surface area contributed by atoms with Gasteiger partial charge in [0.1, 0.15) is 0 Å². The molecule has 0 heterocycles. The molecule has 1 saturated carbocycles. The van der Waals surface area contributed by atoms with E-state index in [-0.39, 0.29) is 0 Å². The maximum atomic E-state index is 2.48. The molecule has 62 valence electrons. The van der Waals surface area contributed by atoms with Gasteiger partial charge < -0.3 is 0 Å². The van der Waals surface area contributed by atoms with Crippen molar-refractivity contribution in [1.29, 1.82) is 0 Å². The van der Waals surface area contributed by atoms with Crippen molar-refractivity contribution in [1.82, 2.24) is 0 Å². The van der Waals surface area contributed by atoms with Crippen LogP contribution in [-0.4, -0.2) is 0 Å². The lowest BCUT2D eigenvalue weighted by molar-refractivity contribution is 0.538. The topological polar surface area (TPSA) is 0 Å². The summed E-state index contributed by atoms with van der Waals surface area (Å²) >= 11 is 0. The Morgan fingerprint density at radius 3 is 2.73 bits per heavy atom. The van der Waals surface area contributed by atoms with E-state index in [9.17, 15) is 0 Å². The molecule has 0 heteroatoms. The van der Waals surface area contributed by atoms with E-state index in [4.69, 9.17) is 0 Å². The Morgan fingerprint density at radius 1 is 1.55 bits per heavy atom. The van der Waals surface area contributed by atoms with E-state index in [1.54, 1.807) is 5.57 Å². The van der Waals surface area contributed by atoms with Crippen LogP contribution in [0.3, 0.4) is 0 Å². The monoisotopic (exact) mass is 150 g/mol. The van der Waals surface area contributed by atoms with Gasteiger partial charge in [0, 0.05) is 0 Å². The fraction of sp³-hybridized carbons (Fsp3) is 0.818. The standard InChI is InChI=1S/C11H18/c1-9-3-4-10(7-9)8-11(2)5-6-11/h4,9H,3,5-8H2,1-2H3. The first kappa shape index (κ1) is 7.39. The molecule has 0 spiro atoms. The quantitative estimate of drug-likeness (QED) is 0.528. The van der Waals surface area contributed by atoms with Crippen molar-refractivity contribution >= 4 is 0 Å². The third-order valence-electron chi connectivity index (χ3n) is 3.18. The Labute approximate surface area is 69.7 Å². The van der Waals surface area contributed by atoms with Gasteiger partial charge in [0.15, 0.2) is 0 Å². The first-order valence-corrected chi connectivity index (χ1v) is 4.86. The Bertz CT molecular complexity index is 184. The fourth-order valence-electron chi connectivity index (χ4n) is 2.06. The molecule has 2 aliphatic carbocycles. The highest BCUT2D eigenvalue weighted by Gasteiger charge is 2.38. The molecule has 0 amide bonds. The molecule has 1 atom stereocenters. The summed E-state index contributed by atoms with van der Waals surface area (Å²) in [5.41, 5.74) is 2.48. The van der Waals surface area contributed by atoms with Crippen LogP contribution in [0.4, 0.5) is 0 Å². The summed E-state index contributed by atoms with van der Waals surface area (Å²) < 4.78 is 0. The van der Waals surface area contributed by atoms with Crippen molar-refractivity contribution in [2.24, 2.45) is 11.3 Å². The largest absolute Gasteiger partial charge is 0.0850 e. The van der Waals surface area contributed by atoms with Crippen LogP contribution in [0, 0.1) is 11.3 Å². The van der Waals surface area contributed by atoms with Gasteiger partial charge in [-0.1, -0.05) is 25.5 Å². The number of hydrogen-bond acceptors (Lipinski definition) is 0. The van der Waals surface area contributed by atoms with Crippen LogP contribution in [0.5, 0.6) is 0 Å². The summed E-state index contributed by atoms with van der Waals surface area (Å²) in [6, 6.07) is 0. The van der Waals surface area contributed by atoms with Gasteiger partial charge in [-0.25, -0.2) is 0 Å². The maximum absolute atomic E-state index is 2.48. The second-order valence-electron chi connectivity index (χ2n) is 4.89. The highest BCUT2D eigenvalue weighted by Crippen LogP contribution is 2.51. The summed E-state index contributed by atoms with van der Waals surface area (Å²) in [5, 5.41) is 0. The summed E-state index contributed by atoms with van der Waals surface area (Å²) in [6.45, 7) is 4.79. The van der Waals surface area contributed by atoms with Gasteiger partial charge in [-0.2, -0.15) is 0 Å². The van der Waals surface area contributed by atoms with E-state index in [2.05, 4.69) is 19.9 Å². The van der Waals surface area contributed by atoms with E-state index < -0.39 is 0 Å². The maximum Gasteiger partial charge on any atom is -0.0266 e. The molecule has 0 aromatic heterocycles. The average molecular weight is 150 g/mol. The highest BCUT2D eigenvalue weighted by atomic mass is 14.4. The number of rotatable bonds is 2. The van der Waals surface area contributed by atoms with Crippen LogP contribution in [0.25, 0.3) is 0 Å². The molecule has 0 saturated heterocycles. The summed E-state index contributed by atoms with van der Waals surface area (Å²) in [7, 11) is 0. The molecule has 1 unspecified atom stereocenters. The van der Waals surface area contributed by atoms with E-state index in [0.717, 1.165) is 11.3 Å². The predicted octanol–water partition coefficient (Wildman–Crippen LogP) is 3.53. The minimum absolute atomic E-state index is 0.732. The van der Waals surface area contributed by atoms with Crippen molar-refractivity contribution in [3.05, 3.63) is 11.6 Å². The molecule has 0 aromatic carbocycles. The first-order valence-electron chi connectivity index (χ1n) is 4.86. The zero-order valence-corrected chi connectivity index (χ0v) is 7.69. The van der Waals surface area contributed by atoms with Crippen molar-refractivity contribution in [3.63, 3.8) is 0 Å². The number of allylic oxidation sites excluding steroid dienone is 2. The van der Waals surface area contributed by atoms with Crippen LogP contribution >= 0.6 is 0 Å². The molecule has 0 aliphatic heterocycles. The van der Waals surface area contributed by atoms with E-state index in [1.165, 1.54) is 32.1 Å². The lowest BCUT2D eigenvalue weighted by Gasteiger charge is -2.09. The molecule has 2 aliphatic rings. The van der Waals surface area contributed by atoms with Crippen molar-refractivity contribution in [2.45, 2.75) is 46.0 Å². The molecule has 0 aromatic rings. The third kappa shape index (κ3) is 1.66. The molecule has 1 fully saturated rings. The van der Waals surface area contributed by atoms with Crippen molar-refractivity contribution in [2.75, 3.05) is 0 Å². The molecular formula is C11H18. The van der Waals surface area contributed by atoms with Crippen LogP contribution in [-0.2, 0) is 0 Å². The zero-order chi connectivity index (χ0) is 7.90. The first-order chi connectivity index (χ1) is 5.18. The summed E-state index contributed by atoms with van der Waals surface area (Å²) in [5.74, 6) is 0.937. The minimum Gasteiger partial charge on any atom is -0.0850 e. The molecule has 0 radical (unpaired) electrons. The van der Waals surface area contributed by atoms with Crippen LogP contribution in [0.15, 0.2) is 11.6 Å². The lowest BCUT2D eigenvalue weighted by atomic mass is 9.97. The smallest absolute Gasteiger partial charge is 0.0266 e. The molecule has 2 rings (SSSR count). The number of hydrogen-bond donors (Lipinski definition) is 0. The minimum atomic E-state index is 0.732. The lowest BCUT2D eigenvalue weighted by Crippen LogP contribution is -1.95. The van der Waals surface area contributed by atoms with Gasteiger partial charge in [0.25, 0.3) is 0 Å². The van der Waals surface area contributed by atoms with Gasteiger partial charge in [0.05, 0.1) is 0 Å². The van der Waals surface area contributed by atoms with E-state index >= 15 is 0 Å². The molecule has 0 nitrogen and oxygen atoms in total. The molecule has 0 N–H and O–H groups in total. The van der Waals surface area contributed by atoms with E-state index in [1.807, 2.05) is 0 Å². The fourth-order valence-corrected chi connectivity index (χ4v) is 2.06. The Balaban J connectivity index is 1.87. The van der Waals surface area contributed by atoms with Gasteiger partial charge in [-0.15, -0.1) is 0 Å². The van der Waals surface area contributed by atoms with Gasteiger partial charge in [-0.05, 0) is 43.4 Å². The SMILES string of the molecule is CC1CC=C(CC2(C)CC2)C1. The second kappa shape index (κ2) is 2.36. The highest BCUT2D eigenvalue weighted by molar-refractivity contribution is 5.14. The Kier molecular flexibility index (Phi) is 1.59. The Morgan fingerprint density at radius 2 is 2.27 bits per heavy atom. The van der Waals surface area contributed by atoms with Crippen LogP contribution in [0.2, 0.25) is 0 Å². The predicted molar refractivity (Wildman–Crippen MR) is 48.4 cm³/mol. The zero-order valence-electron chi connectivity index (χ0n) is 7.69. The van der Waals surface area contributed by atoms with E-state index in [0.29, 0.717) is 0 Å². The van der Waals surface area contributed by atoms with Gasteiger partial charge in [-0.3, -0.25) is 0 Å². The summed E-state index contributed by atoms with van der Waals surface area (Å²) in [6.07, 6.45) is 9.55. The second-order valence-corrected chi connectivity index (χ2v) is 4.89. The van der Waals surface area contributed by atoms with Gasteiger partial charge >= 0.3 is 0 Å². The molecular weight excluding hydrogens is 132 g/mol.